The lowest BCUT2D eigenvalue weighted by molar-refractivity contribution is -0.124. The molecule has 0 spiro atoms. The van der Waals surface area contributed by atoms with Crippen molar-refractivity contribution in [1.29, 1.82) is 0 Å². The zero-order chi connectivity index (χ0) is 16.1. The summed E-state index contributed by atoms with van der Waals surface area (Å²) in [5.74, 6) is 0.00962. The second-order valence-corrected chi connectivity index (χ2v) is 5.57. The summed E-state index contributed by atoms with van der Waals surface area (Å²) in [5.41, 5.74) is 4.12. The minimum absolute atomic E-state index is 0. The number of halogens is 1. The molecule has 1 unspecified atom stereocenters. The predicted molar refractivity (Wildman–Crippen MR) is 95.2 cm³/mol. The largest absolute Gasteiger partial charge is 0.352 e. The van der Waals surface area contributed by atoms with Crippen molar-refractivity contribution >= 4 is 18.3 Å². The van der Waals surface area contributed by atoms with Crippen molar-refractivity contribution in [2.75, 3.05) is 13.6 Å². The number of aromatic nitrogens is 2. The van der Waals surface area contributed by atoms with Crippen molar-refractivity contribution in [3.63, 3.8) is 0 Å². The molecular weight excluding hydrogens is 312 g/mol. The molecule has 0 aliphatic carbocycles. The van der Waals surface area contributed by atoms with Gasteiger partial charge in [0.25, 0.3) is 0 Å². The van der Waals surface area contributed by atoms with Crippen molar-refractivity contribution in [3.8, 4) is 5.69 Å². The fourth-order valence-electron chi connectivity index (χ4n) is 2.50. The number of aryl methyl sites for hydroxylation is 1. The van der Waals surface area contributed by atoms with E-state index in [1.54, 1.807) is 0 Å². The van der Waals surface area contributed by atoms with E-state index < -0.39 is 0 Å². The van der Waals surface area contributed by atoms with Gasteiger partial charge in [0, 0.05) is 30.3 Å². The van der Waals surface area contributed by atoms with Crippen LogP contribution in [0.3, 0.4) is 0 Å². The van der Waals surface area contributed by atoms with Crippen molar-refractivity contribution in [2.24, 2.45) is 5.92 Å². The molecule has 1 aromatic carbocycles. The minimum atomic E-state index is -0.0465. The quantitative estimate of drug-likeness (QED) is 0.851. The van der Waals surface area contributed by atoms with Gasteiger partial charge in [0.05, 0.1) is 11.4 Å². The Morgan fingerprint density at radius 1 is 1.26 bits per heavy atom. The normalized spacial score (nSPS) is 11.7. The first-order valence-electron chi connectivity index (χ1n) is 7.57. The Morgan fingerprint density at radius 2 is 1.91 bits per heavy atom. The Bertz CT molecular complexity index is 640. The standard InChI is InChI=1S/C17H24N4O.ClH/c1-12(10-18-4)17(22)19-11-16-13(2)20-21(14(16)3)15-8-6-5-7-9-15;/h5-9,12,18H,10-11H2,1-4H3,(H,19,22);1H. The molecule has 0 saturated heterocycles. The van der Waals surface area contributed by atoms with E-state index in [0.717, 1.165) is 22.6 Å². The molecule has 5 nitrogen and oxygen atoms in total. The van der Waals surface area contributed by atoms with Crippen LogP contribution in [-0.2, 0) is 11.3 Å². The minimum Gasteiger partial charge on any atom is -0.352 e. The monoisotopic (exact) mass is 336 g/mol. The number of rotatable bonds is 6. The third-order valence-corrected chi connectivity index (χ3v) is 3.84. The number of nitrogens with one attached hydrogen (secondary N) is 2. The Hall–Kier alpha value is -1.85. The molecule has 1 aromatic heterocycles. The molecule has 0 radical (unpaired) electrons. The SMILES string of the molecule is CNCC(C)C(=O)NCc1c(C)nn(-c2ccccc2)c1C.Cl. The van der Waals surface area contributed by atoms with Gasteiger partial charge >= 0.3 is 0 Å². The lowest BCUT2D eigenvalue weighted by atomic mass is 10.1. The van der Waals surface area contributed by atoms with Crippen LogP contribution < -0.4 is 10.6 Å². The Labute approximate surface area is 143 Å². The summed E-state index contributed by atoms with van der Waals surface area (Å²) < 4.78 is 1.92. The lowest BCUT2D eigenvalue weighted by Gasteiger charge is -2.12. The number of benzene rings is 1. The smallest absolute Gasteiger partial charge is 0.224 e. The van der Waals surface area contributed by atoms with Crippen LogP contribution in [0.1, 0.15) is 23.9 Å². The highest BCUT2D eigenvalue weighted by Gasteiger charge is 2.16. The van der Waals surface area contributed by atoms with Gasteiger partial charge in [-0.15, -0.1) is 12.4 Å². The molecular formula is C17H25ClN4O. The van der Waals surface area contributed by atoms with Gasteiger partial charge in [0.15, 0.2) is 0 Å². The number of amides is 1. The van der Waals surface area contributed by atoms with E-state index >= 15 is 0 Å². The molecule has 6 heteroatoms. The summed E-state index contributed by atoms with van der Waals surface area (Å²) in [6, 6.07) is 10.0. The van der Waals surface area contributed by atoms with Crippen LogP contribution in [0, 0.1) is 19.8 Å². The Kier molecular flexibility index (Phi) is 7.26. The van der Waals surface area contributed by atoms with Crippen LogP contribution in [0.4, 0.5) is 0 Å². The summed E-state index contributed by atoms with van der Waals surface area (Å²) in [6.07, 6.45) is 0. The highest BCUT2D eigenvalue weighted by molar-refractivity contribution is 5.85. The second-order valence-electron chi connectivity index (χ2n) is 5.57. The van der Waals surface area contributed by atoms with Crippen LogP contribution in [0.15, 0.2) is 30.3 Å². The second kappa shape index (κ2) is 8.70. The third-order valence-electron chi connectivity index (χ3n) is 3.84. The van der Waals surface area contributed by atoms with Crippen molar-refractivity contribution in [2.45, 2.75) is 27.3 Å². The van der Waals surface area contributed by atoms with Crippen molar-refractivity contribution < 1.29 is 4.79 Å². The van der Waals surface area contributed by atoms with Gasteiger partial charge in [0.1, 0.15) is 0 Å². The highest BCUT2D eigenvalue weighted by atomic mass is 35.5. The molecule has 0 saturated carbocycles. The molecule has 2 N–H and O–H groups in total. The first kappa shape index (κ1) is 19.2. The summed E-state index contributed by atoms with van der Waals surface area (Å²) in [5, 5.41) is 10.6. The Balaban J connectivity index is 0.00000264. The van der Waals surface area contributed by atoms with Crippen molar-refractivity contribution in [1.82, 2.24) is 20.4 Å². The Morgan fingerprint density at radius 3 is 2.52 bits per heavy atom. The summed E-state index contributed by atoms with van der Waals surface area (Å²) in [4.78, 5) is 12.0. The number of carbonyl (C=O) groups is 1. The fourth-order valence-corrected chi connectivity index (χ4v) is 2.50. The van der Waals surface area contributed by atoms with Gasteiger partial charge < -0.3 is 10.6 Å². The van der Waals surface area contributed by atoms with Crippen LogP contribution in [0.5, 0.6) is 0 Å². The van der Waals surface area contributed by atoms with Gasteiger partial charge in [0.2, 0.25) is 5.91 Å². The third kappa shape index (κ3) is 4.56. The summed E-state index contributed by atoms with van der Waals surface area (Å²) in [6.45, 7) is 7.11. The number of para-hydroxylation sites is 1. The van der Waals surface area contributed by atoms with Gasteiger partial charge in [-0.2, -0.15) is 5.10 Å². The highest BCUT2D eigenvalue weighted by Crippen LogP contribution is 2.17. The molecule has 0 bridgehead atoms. The molecule has 0 aliphatic heterocycles. The molecule has 0 fully saturated rings. The summed E-state index contributed by atoms with van der Waals surface area (Å²) >= 11 is 0. The van der Waals surface area contributed by atoms with Gasteiger partial charge in [-0.3, -0.25) is 4.79 Å². The number of hydrogen-bond acceptors (Lipinski definition) is 3. The average Bonchev–Trinajstić information content (AvgIpc) is 2.81. The van der Waals surface area contributed by atoms with E-state index in [4.69, 9.17) is 0 Å². The van der Waals surface area contributed by atoms with E-state index in [1.807, 2.05) is 62.8 Å². The van der Waals surface area contributed by atoms with Crippen LogP contribution in [0.2, 0.25) is 0 Å². The zero-order valence-corrected chi connectivity index (χ0v) is 14.9. The van der Waals surface area contributed by atoms with Crippen molar-refractivity contribution in [3.05, 3.63) is 47.3 Å². The molecule has 1 amide bonds. The maximum Gasteiger partial charge on any atom is 0.224 e. The van der Waals surface area contributed by atoms with E-state index in [-0.39, 0.29) is 24.2 Å². The maximum absolute atomic E-state index is 12.0. The molecule has 126 valence electrons. The van der Waals surface area contributed by atoms with E-state index in [0.29, 0.717) is 13.1 Å². The number of hydrogen-bond donors (Lipinski definition) is 2. The molecule has 1 heterocycles. The van der Waals surface area contributed by atoms with Gasteiger partial charge in [-0.05, 0) is 33.0 Å². The number of carbonyl (C=O) groups excluding carboxylic acids is 1. The van der Waals surface area contributed by atoms with Crippen LogP contribution in [0.25, 0.3) is 5.69 Å². The first-order chi connectivity index (χ1) is 10.5. The predicted octanol–water partition coefficient (Wildman–Crippen LogP) is 2.38. The van der Waals surface area contributed by atoms with Crippen LogP contribution in [-0.4, -0.2) is 29.3 Å². The molecule has 2 rings (SSSR count). The molecule has 0 aliphatic rings. The van der Waals surface area contributed by atoms with Gasteiger partial charge in [-0.1, -0.05) is 25.1 Å². The number of nitrogens with zero attached hydrogens (tertiary/aromatic N) is 2. The van der Waals surface area contributed by atoms with Crippen LogP contribution >= 0.6 is 12.4 Å². The molecule has 2 aromatic rings. The topological polar surface area (TPSA) is 59.0 Å². The zero-order valence-electron chi connectivity index (χ0n) is 14.1. The molecule has 1 atom stereocenters. The lowest BCUT2D eigenvalue weighted by Crippen LogP contribution is -2.34. The average molecular weight is 337 g/mol. The first-order valence-corrected chi connectivity index (χ1v) is 7.57. The summed E-state index contributed by atoms with van der Waals surface area (Å²) in [7, 11) is 1.85. The van der Waals surface area contributed by atoms with E-state index in [9.17, 15) is 4.79 Å². The maximum atomic E-state index is 12.0. The fraction of sp³-hybridized carbons (Fsp3) is 0.412. The van der Waals surface area contributed by atoms with E-state index in [2.05, 4.69) is 15.7 Å². The van der Waals surface area contributed by atoms with Gasteiger partial charge in [-0.25, -0.2) is 4.68 Å². The molecule has 23 heavy (non-hydrogen) atoms. The van der Waals surface area contributed by atoms with E-state index in [1.165, 1.54) is 0 Å².